The lowest BCUT2D eigenvalue weighted by Crippen LogP contribution is -2.24. The number of aldehydes is 1. The van der Waals surface area contributed by atoms with Gasteiger partial charge in [-0.15, -0.1) is 0 Å². The minimum atomic E-state index is -0.557. The molecule has 4 heteroatoms. The van der Waals surface area contributed by atoms with Crippen LogP contribution in [0.3, 0.4) is 0 Å². The first kappa shape index (κ1) is 14.6. The van der Waals surface area contributed by atoms with Crippen molar-refractivity contribution in [1.82, 2.24) is 0 Å². The number of allylic oxidation sites excluding steroid dienone is 1. The third kappa shape index (κ3) is 4.82. The van der Waals surface area contributed by atoms with Crippen LogP contribution < -0.4 is 0 Å². The van der Waals surface area contributed by atoms with Crippen LogP contribution in [0.1, 0.15) is 51.9 Å². The van der Waals surface area contributed by atoms with E-state index >= 15 is 0 Å². The maximum Gasteiger partial charge on any atom is 0.303 e. The molecule has 0 aromatic rings. The number of Topliss-reactive ketones (excluding diaryl/α,β-unsaturated/α-hetero) is 1. The number of hydrogen-bond acceptors (Lipinski definition) is 4. The molecule has 0 bridgehead atoms. The molecule has 0 N–H and O–H groups in total. The van der Waals surface area contributed by atoms with Gasteiger partial charge in [0.15, 0.2) is 5.78 Å². The normalized spacial score (nSPS) is 21.2. The molecule has 1 rings (SSSR count). The SMILES string of the molecule is CC(=O)OC(CCC=O)/C1=C/CCCCCC1=O. The van der Waals surface area contributed by atoms with Gasteiger partial charge < -0.3 is 9.53 Å². The van der Waals surface area contributed by atoms with Crippen LogP contribution in [0.25, 0.3) is 0 Å². The highest BCUT2D eigenvalue weighted by Crippen LogP contribution is 2.21. The first-order valence-corrected chi connectivity index (χ1v) is 6.49. The smallest absolute Gasteiger partial charge is 0.303 e. The Balaban J connectivity index is 2.81. The standard InChI is InChI=1S/C14H20O4/c1-11(16)18-14(9-6-10-15)12-7-4-2-3-5-8-13(12)17/h7,10,14H,2-6,8-9H2,1H3/b12-7+. The Bertz CT molecular complexity index is 344. The predicted octanol–water partition coefficient (Wildman–Crippen LogP) is 2.36. The first-order valence-electron chi connectivity index (χ1n) is 6.49. The van der Waals surface area contributed by atoms with Crippen LogP contribution in [0.4, 0.5) is 0 Å². The largest absolute Gasteiger partial charge is 0.458 e. The zero-order valence-electron chi connectivity index (χ0n) is 10.8. The summed E-state index contributed by atoms with van der Waals surface area (Å²) in [5, 5.41) is 0. The van der Waals surface area contributed by atoms with Gasteiger partial charge in [0, 0.05) is 25.3 Å². The number of rotatable bonds is 5. The number of ether oxygens (including phenoxy) is 1. The van der Waals surface area contributed by atoms with Crippen LogP contribution in [0.2, 0.25) is 0 Å². The zero-order chi connectivity index (χ0) is 13.4. The van der Waals surface area contributed by atoms with Crippen molar-refractivity contribution in [3.63, 3.8) is 0 Å². The van der Waals surface area contributed by atoms with Crippen LogP contribution in [-0.2, 0) is 19.1 Å². The van der Waals surface area contributed by atoms with Crippen molar-refractivity contribution in [3.05, 3.63) is 11.6 Å². The molecule has 0 amide bonds. The van der Waals surface area contributed by atoms with E-state index in [4.69, 9.17) is 4.74 Å². The van der Waals surface area contributed by atoms with E-state index in [1.54, 1.807) is 0 Å². The fraction of sp³-hybridized carbons (Fsp3) is 0.643. The van der Waals surface area contributed by atoms with Crippen LogP contribution in [-0.4, -0.2) is 24.1 Å². The van der Waals surface area contributed by atoms with Gasteiger partial charge in [0.2, 0.25) is 0 Å². The van der Waals surface area contributed by atoms with Crippen LogP contribution in [0.5, 0.6) is 0 Å². The Morgan fingerprint density at radius 3 is 2.89 bits per heavy atom. The number of carbonyl (C=O) groups is 3. The summed E-state index contributed by atoms with van der Waals surface area (Å²) in [6, 6.07) is 0. The molecule has 4 nitrogen and oxygen atoms in total. The molecule has 0 aromatic carbocycles. The predicted molar refractivity (Wildman–Crippen MR) is 67.0 cm³/mol. The summed E-state index contributed by atoms with van der Waals surface area (Å²) >= 11 is 0. The quantitative estimate of drug-likeness (QED) is 0.556. The van der Waals surface area contributed by atoms with Crippen molar-refractivity contribution in [1.29, 1.82) is 0 Å². The van der Waals surface area contributed by atoms with Crippen molar-refractivity contribution >= 4 is 18.0 Å². The van der Waals surface area contributed by atoms with Crippen LogP contribution in [0, 0.1) is 0 Å². The minimum Gasteiger partial charge on any atom is -0.458 e. The Hall–Kier alpha value is -1.45. The van der Waals surface area contributed by atoms with E-state index in [0.29, 0.717) is 24.8 Å². The molecule has 0 saturated heterocycles. The number of hydrogen-bond donors (Lipinski definition) is 0. The highest BCUT2D eigenvalue weighted by molar-refractivity contribution is 5.96. The molecule has 0 spiro atoms. The average molecular weight is 252 g/mol. The van der Waals surface area contributed by atoms with Crippen molar-refractivity contribution < 1.29 is 19.1 Å². The van der Waals surface area contributed by atoms with Gasteiger partial charge in [-0.05, 0) is 25.7 Å². The molecule has 0 radical (unpaired) electrons. The summed E-state index contributed by atoms with van der Waals surface area (Å²) < 4.78 is 5.17. The molecular weight excluding hydrogens is 232 g/mol. The minimum absolute atomic E-state index is 0.0480. The third-order valence-electron chi connectivity index (χ3n) is 3.00. The lowest BCUT2D eigenvalue weighted by molar-refractivity contribution is -0.145. The number of carbonyl (C=O) groups excluding carboxylic acids is 3. The summed E-state index contributed by atoms with van der Waals surface area (Å²) in [6.07, 6.45) is 7.12. The van der Waals surface area contributed by atoms with Gasteiger partial charge in [0.25, 0.3) is 0 Å². The summed E-state index contributed by atoms with van der Waals surface area (Å²) in [4.78, 5) is 33.5. The van der Waals surface area contributed by atoms with Gasteiger partial charge in [-0.2, -0.15) is 0 Å². The van der Waals surface area contributed by atoms with E-state index in [1.165, 1.54) is 6.92 Å². The lowest BCUT2D eigenvalue weighted by atomic mass is 9.93. The van der Waals surface area contributed by atoms with Gasteiger partial charge in [0.1, 0.15) is 12.4 Å². The van der Waals surface area contributed by atoms with E-state index in [-0.39, 0.29) is 5.78 Å². The monoisotopic (exact) mass is 252 g/mol. The molecule has 100 valence electrons. The first-order chi connectivity index (χ1) is 8.65. The highest BCUT2D eigenvalue weighted by atomic mass is 16.5. The Kier molecular flexibility index (Phi) is 6.33. The molecule has 1 atom stereocenters. The molecule has 1 unspecified atom stereocenters. The van der Waals surface area contributed by atoms with E-state index in [1.807, 2.05) is 6.08 Å². The maximum atomic E-state index is 12.0. The van der Waals surface area contributed by atoms with Gasteiger partial charge >= 0.3 is 5.97 Å². The van der Waals surface area contributed by atoms with Crippen molar-refractivity contribution in [2.24, 2.45) is 0 Å². The Labute approximate surface area is 107 Å². The second kappa shape index (κ2) is 7.80. The fourth-order valence-corrected chi connectivity index (χ4v) is 2.13. The lowest BCUT2D eigenvalue weighted by Gasteiger charge is -2.20. The van der Waals surface area contributed by atoms with Gasteiger partial charge in [-0.25, -0.2) is 0 Å². The fourth-order valence-electron chi connectivity index (χ4n) is 2.13. The summed E-state index contributed by atoms with van der Waals surface area (Å²) in [7, 11) is 0. The topological polar surface area (TPSA) is 60.4 Å². The molecule has 0 fully saturated rings. The second-order valence-electron chi connectivity index (χ2n) is 4.52. The van der Waals surface area contributed by atoms with Crippen molar-refractivity contribution in [3.8, 4) is 0 Å². The zero-order valence-corrected chi connectivity index (χ0v) is 10.8. The Morgan fingerprint density at radius 2 is 2.22 bits per heavy atom. The molecule has 18 heavy (non-hydrogen) atoms. The summed E-state index contributed by atoms with van der Waals surface area (Å²) in [5.41, 5.74) is 0.576. The summed E-state index contributed by atoms with van der Waals surface area (Å²) in [5.74, 6) is -0.367. The van der Waals surface area contributed by atoms with Gasteiger partial charge in [-0.3, -0.25) is 9.59 Å². The van der Waals surface area contributed by atoms with E-state index in [2.05, 4.69) is 0 Å². The molecule has 1 aliphatic carbocycles. The maximum absolute atomic E-state index is 12.0. The highest BCUT2D eigenvalue weighted by Gasteiger charge is 2.23. The second-order valence-corrected chi connectivity index (χ2v) is 4.52. The third-order valence-corrected chi connectivity index (χ3v) is 3.00. The molecule has 1 aliphatic rings. The Morgan fingerprint density at radius 1 is 1.44 bits per heavy atom. The number of ketones is 1. The van der Waals surface area contributed by atoms with E-state index in [0.717, 1.165) is 32.0 Å². The molecule has 0 aromatic heterocycles. The molecule has 0 heterocycles. The van der Waals surface area contributed by atoms with Gasteiger partial charge in [-0.1, -0.05) is 12.5 Å². The van der Waals surface area contributed by atoms with Crippen molar-refractivity contribution in [2.75, 3.05) is 0 Å². The van der Waals surface area contributed by atoms with Gasteiger partial charge in [0.05, 0.1) is 0 Å². The summed E-state index contributed by atoms with van der Waals surface area (Å²) in [6.45, 7) is 1.32. The molecule has 0 aliphatic heterocycles. The molecular formula is C14H20O4. The van der Waals surface area contributed by atoms with E-state index in [9.17, 15) is 14.4 Å². The number of esters is 1. The van der Waals surface area contributed by atoms with Crippen molar-refractivity contribution in [2.45, 2.75) is 58.0 Å². The van der Waals surface area contributed by atoms with Crippen LogP contribution >= 0.6 is 0 Å². The average Bonchev–Trinajstić information content (AvgIpc) is 2.30. The molecule has 0 saturated carbocycles. The van der Waals surface area contributed by atoms with Crippen LogP contribution in [0.15, 0.2) is 11.6 Å². The van der Waals surface area contributed by atoms with E-state index < -0.39 is 12.1 Å².